The molecule has 0 N–H and O–H groups in total. The average Bonchev–Trinajstić information content (AvgIpc) is 2.92. The number of benzene rings is 1. The van der Waals surface area contributed by atoms with Gasteiger partial charge >= 0.3 is 0 Å². The third-order valence-electron chi connectivity index (χ3n) is 3.29. The summed E-state index contributed by atoms with van der Waals surface area (Å²) in [5.74, 6) is 0.644. The van der Waals surface area contributed by atoms with E-state index in [1.54, 1.807) is 37.3 Å². The van der Waals surface area contributed by atoms with E-state index in [0.717, 1.165) is 0 Å². The first-order chi connectivity index (χ1) is 10.1. The lowest BCUT2D eigenvalue weighted by molar-refractivity contribution is 0.120. The van der Waals surface area contributed by atoms with Crippen molar-refractivity contribution in [1.82, 2.24) is 4.98 Å². The van der Waals surface area contributed by atoms with Crippen molar-refractivity contribution in [2.45, 2.75) is 16.8 Å². The maximum absolute atomic E-state index is 12.7. The van der Waals surface area contributed by atoms with Crippen molar-refractivity contribution in [2.24, 2.45) is 0 Å². The summed E-state index contributed by atoms with van der Waals surface area (Å²) in [5.41, 5.74) is 0. The summed E-state index contributed by atoms with van der Waals surface area (Å²) in [4.78, 5) is 6.17. The molecule has 1 fully saturated rings. The standard InChI is InChI=1S/C14H16N2O4S/c1-11-15-13(14(20-11)16-7-9-19-10-8-16)21(17,18)12-5-3-2-4-6-12/h2-6H,7-10H2,1H3. The second-order valence-corrected chi connectivity index (χ2v) is 6.62. The Morgan fingerprint density at radius 3 is 2.48 bits per heavy atom. The van der Waals surface area contributed by atoms with Crippen LogP contribution in [0.3, 0.4) is 0 Å². The molecule has 0 aliphatic carbocycles. The molecule has 2 heterocycles. The van der Waals surface area contributed by atoms with Crippen LogP contribution in [0.2, 0.25) is 0 Å². The van der Waals surface area contributed by atoms with E-state index in [2.05, 4.69) is 4.98 Å². The number of sulfone groups is 1. The molecule has 0 amide bonds. The molecule has 1 aliphatic rings. The van der Waals surface area contributed by atoms with Crippen molar-refractivity contribution in [2.75, 3.05) is 31.2 Å². The van der Waals surface area contributed by atoms with Crippen molar-refractivity contribution in [3.63, 3.8) is 0 Å². The fourth-order valence-electron chi connectivity index (χ4n) is 2.25. The van der Waals surface area contributed by atoms with E-state index in [-0.39, 0.29) is 9.92 Å². The molecule has 112 valence electrons. The summed E-state index contributed by atoms with van der Waals surface area (Å²) in [7, 11) is -3.69. The molecule has 0 bridgehead atoms. The predicted octanol–water partition coefficient (Wildman–Crippen LogP) is 1.65. The average molecular weight is 308 g/mol. The Balaban J connectivity index is 2.06. The third-order valence-corrected chi connectivity index (χ3v) is 4.96. The van der Waals surface area contributed by atoms with Gasteiger partial charge in [0.2, 0.25) is 20.7 Å². The molecule has 7 heteroatoms. The maximum Gasteiger partial charge on any atom is 0.236 e. The number of ether oxygens (including phenoxy) is 1. The fourth-order valence-corrected chi connectivity index (χ4v) is 3.64. The van der Waals surface area contributed by atoms with Gasteiger partial charge in [-0.2, -0.15) is 4.98 Å². The highest BCUT2D eigenvalue weighted by Gasteiger charge is 2.30. The van der Waals surface area contributed by atoms with Crippen LogP contribution in [-0.4, -0.2) is 39.7 Å². The molecule has 0 unspecified atom stereocenters. The van der Waals surface area contributed by atoms with Gasteiger partial charge in [-0.25, -0.2) is 8.42 Å². The molecule has 3 rings (SSSR count). The first-order valence-corrected chi connectivity index (χ1v) is 8.17. The van der Waals surface area contributed by atoms with Crippen LogP contribution in [0.5, 0.6) is 0 Å². The van der Waals surface area contributed by atoms with Crippen LogP contribution in [-0.2, 0) is 14.6 Å². The van der Waals surface area contributed by atoms with E-state index in [1.165, 1.54) is 0 Å². The van der Waals surface area contributed by atoms with Crippen molar-refractivity contribution in [1.29, 1.82) is 0 Å². The van der Waals surface area contributed by atoms with Crippen LogP contribution >= 0.6 is 0 Å². The lowest BCUT2D eigenvalue weighted by atomic mass is 10.4. The first-order valence-electron chi connectivity index (χ1n) is 6.69. The van der Waals surface area contributed by atoms with Gasteiger partial charge in [-0.05, 0) is 12.1 Å². The normalized spacial score (nSPS) is 16.1. The molecule has 0 spiro atoms. The molecule has 0 saturated carbocycles. The highest BCUT2D eigenvalue weighted by molar-refractivity contribution is 7.91. The molecule has 1 saturated heterocycles. The summed E-state index contributed by atoms with van der Waals surface area (Å²) < 4.78 is 36.3. The predicted molar refractivity (Wildman–Crippen MR) is 76.2 cm³/mol. The Labute approximate surface area is 123 Å². The van der Waals surface area contributed by atoms with Gasteiger partial charge in [0.15, 0.2) is 5.89 Å². The number of anilines is 1. The quantitative estimate of drug-likeness (QED) is 0.858. The minimum Gasteiger partial charge on any atom is -0.424 e. The van der Waals surface area contributed by atoms with Gasteiger partial charge in [0, 0.05) is 20.0 Å². The monoisotopic (exact) mass is 308 g/mol. The summed E-state index contributed by atoms with van der Waals surface area (Å²) in [6.45, 7) is 3.92. The number of nitrogens with zero attached hydrogens (tertiary/aromatic N) is 2. The van der Waals surface area contributed by atoms with E-state index < -0.39 is 9.84 Å². The Kier molecular flexibility index (Phi) is 3.69. The van der Waals surface area contributed by atoms with Gasteiger partial charge in [-0.1, -0.05) is 18.2 Å². The first kappa shape index (κ1) is 14.1. The summed E-state index contributed by atoms with van der Waals surface area (Å²) >= 11 is 0. The second-order valence-electron chi connectivity index (χ2n) is 4.76. The van der Waals surface area contributed by atoms with Gasteiger partial charge < -0.3 is 14.1 Å². The molecule has 1 aromatic heterocycles. The van der Waals surface area contributed by atoms with Crippen LogP contribution in [0, 0.1) is 6.92 Å². The summed E-state index contributed by atoms with van der Waals surface area (Å²) in [5, 5.41) is -0.0203. The van der Waals surface area contributed by atoms with Crippen LogP contribution < -0.4 is 4.90 Å². The molecule has 1 aliphatic heterocycles. The number of hydrogen-bond acceptors (Lipinski definition) is 6. The van der Waals surface area contributed by atoms with Crippen LogP contribution in [0.15, 0.2) is 44.7 Å². The molecular weight excluding hydrogens is 292 g/mol. The van der Waals surface area contributed by atoms with Crippen molar-refractivity contribution < 1.29 is 17.6 Å². The number of morpholine rings is 1. The van der Waals surface area contributed by atoms with Gasteiger partial charge in [0.1, 0.15) is 0 Å². The van der Waals surface area contributed by atoms with Gasteiger partial charge in [-0.3, -0.25) is 0 Å². The Hall–Kier alpha value is -1.86. The molecular formula is C14H16N2O4S. The molecule has 0 atom stereocenters. The van der Waals surface area contributed by atoms with E-state index in [4.69, 9.17) is 9.15 Å². The molecule has 6 nitrogen and oxygen atoms in total. The highest BCUT2D eigenvalue weighted by atomic mass is 32.2. The zero-order chi connectivity index (χ0) is 14.9. The van der Waals surface area contributed by atoms with Gasteiger partial charge in [0.25, 0.3) is 0 Å². The minimum absolute atomic E-state index is 0.0203. The van der Waals surface area contributed by atoms with Crippen molar-refractivity contribution >= 4 is 15.7 Å². The topological polar surface area (TPSA) is 72.6 Å². The minimum atomic E-state index is -3.69. The smallest absolute Gasteiger partial charge is 0.236 e. The van der Waals surface area contributed by atoms with E-state index in [0.29, 0.717) is 38.1 Å². The molecule has 2 aromatic rings. The maximum atomic E-state index is 12.7. The zero-order valence-corrected chi connectivity index (χ0v) is 12.5. The Morgan fingerprint density at radius 1 is 1.14 bits per heavy atom. The lowest BCUT2D eigenvalue weighted by Gasteiger charge is -2.26. The van der Waals surface area contributed by atoms with Crippen LogP contribution in [0.4, 0.5) is 5.88 Å². The van der Waals surface area contributed by atoms with E-state index >= 15 is 0 Å². The molecule has 21 heavy (non-hydrogen) atoms. The third kappa shape index (κ3) is 2.66. The van der Waals surface area contributed by atoms with E-state index in [9.17, 15) is 8.42 Å². The van der Waals surface area contributed by atoms with Crippen LogP contribution in [0.1, 0.15) is 5.89 Å². The van der Waals surface area contributed by atoms with E-state index in [1.807, 2.05) is 4.90 Å². The Morgan fingerprint density at radius 2 is 1.81 bits per heavy atom. The number of aromatic nitrogens is 1. The van der Waals surface area contributed by atoms with Crippen molar-refractivity contribution in [3.8, 4) is 0 Å². The Bertz CT molecular complexity index is 719. The molecule has 0 radical (unpaired) electrons. The van der Waals surface area contributed by atoms with Crippen molar-refractivity contribution in [3.05, 3.63) is 36.2 Å². The second kappa shape index (κ2) is 5.50. The molecule has 1 aromatic carbocycles. The van der Waals surface area contributed by atoms with Gasteiger partial charge in [-0.15, -0.1) is 0 Å². The number of aryl methyl sites for hydroxylation is 1. The summed E-state index contributed by atoms with van der Waals surface area (Å²) in [6, 6.07) is 8.27. The SMILES string of the molecule is Cc1nc(S(=O)(=O)c2ccccc2)c(N2CCOCC2)o1. The van der Waals surface area contributed by atoms with Crippen LogP contribution in [0.25, 0.3) is 0 Å². The number of hydrogen-bond donors (Lipinski definition) is 0. The number of rotatable bonds is 3. The zero-order valence-electron chi connectivity index (χ0n) is 11.7. The fraction of sp³-hybridized carbons (Fsp3) is 0.357. The highest BCUT2D eigenvalue weighted by Crippen LogP contribution is 2.31. The number of oxazole rings is 1. The lowest BCUT2D eigenvalue weighted by Crippen LogP contribution is -2.36. The van der Waals surface area contributed by atoms with Gasteiger partial charge in [0.05, 0.1) is 18.1 Å². The summed E-state index contributed by atoms with van der Waals surface area (Å²) in [6.07, 6.45) is 0. The largest absolute Gasteiger partial charge is 0.424 e.